The van der Waals surface area contributed by atoms with Gasteiger partial charge in [0.05, 0.1) is 0 Å². The molecule has 0 unspecified atom stereocenters. The Balaban J connectivity index is 2.69. The van der Waals surface area contributed by atoms with Crippen molar-refractivity contribution in [3.05, 3.63) is 29.8 Å². The smallest absolute Gasteiger partial charge is 0.124 e. The fourth-order valence-electron chi connectivity index (χ4n) is 1.01. The molecule has 0 aromatic heterocycles. The Hall–Kier alpha value is -1.02. The number of anilines is 1. The van der Waals surface area contributed by atoms with Crippen LogP contribution in [0.15, 0.2) is 24.3 Å². The summed E-state index contributed by atoms with van der Waals surface area (Å²) in [5, 5.41) is 3.24. The van der Waals surface area contributed by atoms with Crippen LogP contribution in [0.25, 0.3) is 0 Å². The van der Waals surface area contributed by atoms with E-state index in [1.807, 2.05) is 25.1 Å². The zero-order valence-corrected chi connectivity index (χ0v) is 7.79. The van der Waals surface area contributed by atoms with E-state index in [0.717, 1.165) is 5.69 Å². The molecule has 0 radical (unpaired) electrons. The maximum absolute atomic E-state index is 5.10. The molecule has 1 N–H and O–H groups in total. The highest BCUT2D eigenvalue weighted by atomic mass is 16.5. The molecule has 0 aliphatic carbocycles. The second kappa shape index (κ2) is 4.12. The number of methoxy groups -OCH3 is 1. The molecule has 1 rings (SSSR count). The molecule has 0 saturated heterocycles. The number of benzene rings is 1. The molecular weight excluding hydrogens is 150 g/mol. The largest absolute Gasteiger partial charge is 0.362 e. The van der Waals surface area contributed by atoms with Gasteiger partial charge in [-0.25, -0.2) is 0 Å². The average molecular weight is 165 g/mol. The van der Waals surface area contributed by atoms with E-state index in [4.69, 9.17) is 4.74 Å². The van der Waals surface area contributed by atoms with Crippen LogP contribution in [0.3, 0.4) is 0 Å². The minimum atomic E-state index is 0.0612. The van der Waals surface area contributed by atoms with Gasteiger partial charge >= 0.3 is 0 Å². The molecule has 2 heteroatoms. The summed E-state index contributed by atoms with van der Waals surface area (Å²) in [5.74, 6) is 0. The van der Waals surface area contributed by atoms with Crippen molar-refractivity contribution >= 4 is 5.69 Å². The van der Waals surface area contributed by atoms with Crippen LogP contribution < -0.4 is 5.32 Å². The quantitative estimate of drug-likeness (QED) is 0.694. The van der Waals surface area contributed by atoms with Gasteiger partial charge in [-0.2, -0.15) is 0 Å². The van der Waals surface area contributed by atoms with E-state index in [-0.39, 0.29) is 6.23 Å². The van der Waals surface area contributed by atoms with Crippen molar-refractivity contribution in [1.29, 1.82) is 0 Å². The van der Waals surface area contributed by atoms with Crippen LogP contribution in [-0.2, 0) is 4.74 Å². The number of aryl methyl sites for hydroxylation is 1. The first-order valence-corrected chi connectivity index (χ1v) is 4.09. The molecule has 0 aliphatic rings. The van der Waals surface area contributed by atoms with Crippen molar-refractivity contribution in [3.8, 4) is 0 Å². The number of ether oxygens (including phenoxy) is 1. The van der Waals surface area contributed by atoms with Crippen LogP contribution in [-0.4, -0.2) is 13.3 Å². The molecule has 1 aromatic rings. The molecule has 66 valence electrons. The molecule has 0 fully saturated rings. The van der Waals surface area contributed by atoms with Gasteiger partial charge in [-0.1, -0.05) is 18.2 Å². The zero-order valence-electron chi connectivity index (χ0n) is 7.79. The van der Waals surface area contributed by atoms with E-state index in [0.29, 0.717) is 0 Å². The first kappa shape index (κ1) is 9.07. The van der Waals surface area contributed by atoms with Crippen LogP contribution >= 0.6 is 0 Å². The van der Waals surface area contributed by atoms with E-state index < -0.39 is 0 Å². The third-order valence-corrected chi connectivity index (χ3v) is 1.86. The first-order valence-electron chi connectivity index (χ1n) is 4.09. The van der Waals surface area contributed by atoms with E-state index in [1.54, 1.807) is 7.11 Å². The summed E-state index contributed by atoms with van der Waals surface area (Å²) in [6.45, 7) is 4.05. The number of hydrogen-bond donors (Lipinski definition) is 1. The molecule has 1 atom stereocenters. The number of para-hydroxylation sites is 1. The van der Waals surface area contributed by atoms with Crippen molar-refractivity contribution in [1.82, 2.24) is 0 Å². The summed E-state index contributed by atoms with van der Waals surface area (Å²) in [6, 6.07) is 8.16. The van der Waals surface area contributed by atoms with Crippen molar-refractivity contribution in [2.24, 2.45) is 0 Å². The lowest BCUT2D eigenvalue weighted by molar-refractivity contribution is 0.141. The van der Waals surface area contributed by atoms with Gasteiger partial charge in [0.2, 0.25) is 0 Å². The summed E-state index contributed by atoms with van der Waals surface area (Å²) < 4.78 is 5.10. The van der Waals surface area contributed by atoms with Gasteiger partial charge in [-0.3, -0.25) is 0 Å². The monoisotopic (exact) mass is 165 g/mol. The molecule has 0 saturated carbocycles. The van der Waals surface area contributed by atoms with Crippen molar-refractivity contribution < 1.29 is 4.74 Å². The Bertz CT molecular complexity index is 247. The summed E-state index contributed by atoms with van der Waals surface area (Å²) >= 11 is 0. The molecule has 0 bridgehead atoms. The van der Waals surface area contributed by atoms with Gasteiger partial charge in [-0.15, -0.1) is 0 Å². The maximum atomic E-state index is 5.10. The molecule has 0 aliphatic heterocycles. The third-order valence-electron chi connectivity index (χ3n) is 1.86. The molecule has 1 aromatic carbocycles. The summed E-state index contributed by atoms with van der Waals surface area (Å²) in [5.41, 5.74) is 2.37. The fourth-order valence-corrected chi connectivity index (χ4v) is 1.01. The average Bonchev–Trinajstić information content (AvgIpc) is 2.09. The minimum Gasteiger partial charge on any atom is -0.362 e. The summed E-state index contributed by atoms with van der Waals surface area (Å²) in [7, 11) is 1.69. The summed E-state index contributed by atoms with van der Waals surface area (Å²) in [4.78, 5) is 0. The Kier molecular flexibility index (Phi) is 3.11. The van der Waals surface area contributed by atoms with Crippen LogP contribution in [0.2, 0.25) is 0 Å². The second-order valence-corrected chi connectivity index (χ2v) is 2.84. The lowest BCUT2D eigenvalue weighted by atomic mass is 10.2. The molecular formula is C10H15NO. The molecule has 2 nitrogen and oxygen atoms in total. The van der Waals surface area contributed by atoms with Gasteiger partial charge in [0, 0.05) is 12.8 Å². The Morgan fingerprint density at radius 2 is 2.00 bits per heavy atom. The normalized spacial score (nSPS) is 12.6. The SMILES string of the molecule is CO[C@@H](C)Nc1ccccc1C. The van der Waals surface area contributed by atoms with E-state index in [9.17, 15) is 0 Å². The van der Waals surface area contributed by atoms with Gasteiger partial charge in [-0.05, 0) is 25.5 Å². The predicted molar refractivity (Wildman–Crippen MR) is 51.3 cm³/mol. The Labute approximate surface area is 73.6 Å². The van der Waals surface area contributed by atoms with Crippen molar-refractivity contribution in [2.45, 2.75) is 20.1 Å². The van der Waals surface area contributed by atoms with E-state index in [2.05, 4.69) is 18.3 Å². The second-order valence-electron chi connectivity index (χ2n) is 2.84. The van der Waals surface area contributed by atoms with Gasteiger partial charge in [0.25, 0.3) is 0 Å². The van der Waals surface area contributed by atoms with Crippen molar-refractivity contribution in [2.75, 3.05) is 12.4 Å². The molecule has 0 heterocycles. The lowest BCUT2D eigenvalue weighted by Gasteiger charge is -2.14. The molecule has 0 amide bonds. The highest BCUT2D eigenvalue weighted by molar-refractivity contribution is 5.50. The highest BCUT2D eigenvalue weighted by Gasteiger charge is 1.99. The fraction of sp³-hybridized carbons (Fsp3) is 0.400. The third kappa shape index (κ3) is 2.24. The zero-order chi connectivity index (χ0) is 8.97. The van der Waals surface area contributed by atoms with Crippen LogP contribution in [0.4, 0.5) is 5.69 Å². The van der Waals surface area contributed by atoms with E-state index in [1.165, 1.54) is 5.56 Å². The first-order chi connectivity index (χ1) is 5.74. The minimum absolute atomic E-state index is 0.0612. The highest BCUT2D eigenvalue weighted by Crippen LogP contribution is 2.13. The summed E-state index contributed by atoms with van der Waals surface area (Å²) in [6.07, 6.45) is 0.0612. The number of nitrogens with one attached hydrogen (secondary N) is 1. The molecule has 12 heavy (non-hydrogen) atoms. The van der Waals surface area contributed by atoms with Crippen LogP contribution in [0.1, 0.15) is 12.5 Å². The predicted octanol–water partition coefficient (Wildman–Crippen LogP) is 2.40. The number of hydrogen-bond acceptors (Lipinski definition) is 2. The van der Waals surface area contributed by atoms with Gasteiger partial charge < -0.3 is 10.1 Å². The number of rotatable bonds is 3. The van der Waals surface area contributed by atoms with Gasteiger partial charge in [0.1, 0.15) is 6.23 Å². The topological polar surface area (TPSA) is 21.3 Å². The molecule has 0 spiro atoms. The maximum Gasteiger partial charge on any atom is 0.124 e. The Morgan fingerprint density at radius 1 is 1.33 bits per heavy atom. The standard InChI is InChI=1S/C10H15NO/c1-8-6-4-5-7-10(8)11-9(2)12-3/h4-7,9,11H,1-3H3/t9-/m0/s1. The van der Waals surface area contributed by atoms with Crippen LogP contribution in [0, 0.1) is 6.92 Å². The lowest BCUT2D eigenvalue weighted by Crippen LogP contribution is -2.17. The van der Waals surface area contributed by atoms with Gasteiger partial charge in [0.15, 0.2) is 0 Å². The van der Waals surface area contributed by atoms with Crippen molar-refractivity contribution in [3.63, 3.8) is 0 Å². The van der Waals surface area contributed by atoms with Crippen LogP contribution in [0.5, 0.6) is 0 Å². The van der Waals surface area contributed by atoms with E-state index >= 15 is 0 Å². The Morgan fingerprint density at radius 3 is 2.58 bits per heavy atom.